The van der Waals surface area contributed by atoms with Gasteiger partial charge < -0.3 is 4.84 Å². The number of carbonyl (C=O) groups excluding carboxylic acids is 1. The zero-order chi connectivity index (χ0) is 20.6. The number of halogens is 1. The van der Waals surface area contributed by atoms with Gasteiger partial charge in [-0.15, -0.1) is 0 Å². The Balaban J connectivity index is 1.73. The molecule has 148 valence electrons. The monoisotopic (exact) mass is 407 g/mol. The molecule has 0 fully saturated rings. The van der Waals surface area contributed by atoms with Crippen molar-refractivity contribution < 1.29 is 9.63 Å². The van der Waals surface area contributed by atoms with E-state index in [4.69, 9.17) is 21.5 Å². The first kappa shape index (κ1) is 19.4. The van der Waals surface area contributed by atoms with Crippen molar-refractivity contribution in [1.29, 1.82) is 0 Å². The maximum Gasteiger partial charge on any atom is 0.367 e. The van der Waals surface area contributed by atoms with Crippen LogP contribution in [-0.4, -0.2) is 21.5 Å². The van der Waals surface area contributed by atoms with E-state index in [9.17, 15) is 4.79 Å². The number of hydrogen-bond acceptors (Lipinski definition) is 4. The van der Waals surface area contributed by atoms with Crippen molar-refractivity contribution in [3.8, 4) is 5.69 Å². The van der Waals surface area contributed by atoms with E-state index < -0.39 is 5.97 Å². The topological polar surface area (TPSA) is 56.5 Å². The Morgan fingerprint density at radius 3 is 2.52 bits per heavy atom. The second-order valence-electron chi connectivity index (χ2n) is 8.07. The van der Waals surface area contributed by atoms with Crippen molar-refractivity contribution in [2.75, 3.05) is 0 Å². The molecule has 0 N–H and O–H groups in total. The Morgan fingerprint density at radius 1 is 1.10 bits per heavy atom. The van der Waals surface area contributed by atoms with Crippen LogP contribution < -0.4 is 0 Å². The zero-order valence-electron chi connectivity index (χ0n) is 16.6. The Morgan fingerprint density at radius 2 is 1.79 bits per heavy atom. The Kier molecular flexibility index (Phi) is 5.01. The van der Waals surface area contributed by atoms with E-state index in [0.717, 1.165) is 34.8 Å². The predicted molar refractivity (Wildman–Crippen MR) is 114 cm³/mol. The first-order chi connectivity index (χ1) is 13.9. The fourth-order valence-electron chi connectivity index (χ4n) is 3.80. The van der Waals surface area contributed by atoms with E-state index in [1.54, 1.807) is 24.3 Å². The van der Waals surface area contributed by atoms with Crippen molar-refractivity contribution in [1.82, 2.24) is 9.78 Å². The summed E-state index contributed by atoms with van der Waals surface area (Å²) in [7, 11) is 0. The van der Waals surface area contributed by atoms with Crippen molar-refractivity contribution in [3.63, 3.8) is 0 Å². The van der Waals surface area contributed by atoms with Crippen molar-refractivity contribution in [2.45, 2.75) is 33.6 Å². The van der Waals surface area contributed by atoms with E-state index in [1.165, 1.54) is 0 Å². The van der Waals surface area contributed by atoms with Crippen molar-refractivity contribution in [3.05, 3.63) is 82.1 Å². The lowest BCUT2D eigenvalue weighted by Gasteiger charge is -2.30. The molecule has 6 heteroatoms. The van der Waals surface area contributed by atoms with Crippen LogP contribution in [0.1, 0.15) is 47.6 Å². The van der Waals surface area contributed by atoms with Crippen LogP contribution in [0.3, 0.4) is 0 Å². The first-order valence-electron chi connectivity index (χ1n) is 9.53. The van der Waals surface area contributed by atoms with Crippen molar-refractivity contribution in [2.24, 2.45) is 10.6 Å². The molecule has 0 spiro atoms. The van der Waals surface area contributed by atoms with E-state index in [1.807, 2.05) is 41.9 Å². The Bertz CT molecular complexity index is 1100. The van der Waals surface area contributed by atoms with E-state index in [0.29, 0.717) is 17.0 Å². The lowest BCUT2D eigenvalue weighted by Crippen LogP contribution is -2.29. The summed E-state index contributed by atoms with van der Waals surface area (Å²) in [4.78, 5) is 17.8. The molecule has 4 rings (SSSR count). The van der Waals surface area contributed by atoms with Crippen LogP contribution in [-0.2, 0) is 11.3 Å². The summed E-state index contributed by atoms with van der Waals surface area (Å²) >= 11 is 6.10. The molecular weight excluding hydrogens is 386 g/mol. The van der Waals surface area contributed by atoms with Crippen LogP contribution in [0.25, 0.3) is 5.69 Å². The molecule has 1 aliphatic rings. The third-order valence-electron chi connectivity index (χ3n) is 5.07. The maximum absolute atomic E-state index is 12.5. The number of rotatable bonds is 3. The highest BCUT2D eigenvalue weighted by atomic mass is 35.5. The molecule has 1 heterocycles. The molecule has 0 amide bonds. The quantitative estimate of drug-likeness (QED) is 0.433. The van der Waals surface area contributed by atoms with Crippen molar-refractivity contribution >= 4 is 23.3 Å². The maximum atomic E-state index is 12.5. The van der Waals surface area contributed by atoms with Gasteiger partial charge in [0.1, 0.15) is 0 Å². The molecule has 0 saturated heterocycles. The second kappa shape index (κ2) is 7.48. The smallest absolute Gasteiger partial charge is 0.312 e. The average molecular weight is 408 g/mol. The standard InChI is InChI=1S/C23H22ClN3O2/c1-15-21-19(26-29-22(28)17-11-7-8-12-18(17)24)13-23(2,3)14-20(21)27(25-15)16-9-5-4-6-10-16/h4-12H,13-14H2,1-3H3/b26-19-. The highest BCUT2D eigenvalue weighted by molar-refractivity contribution is 6.33. The number of oxime groups is 1. The van der Waals surface area contributed by atoms with E-state index >= 15 is 0 Å². The second-order valence-corrected chi connectivity index (χ2v) is 8.48. The van der Waals surface area contributed by atoms with E-state index in [-0.39, 0.29) is 5.41 Å². The fourth-order valence-corrected chi connectivity index (χ4v) is 4.02. The molecule has 0 bridgehead atoms. The molecule has 1 aromatic heterocycles. The highest BCUT2D eigenvalue weighted by Gasteiger charge is 2.35. The van der Waals surface area contributed by atoms with Gasteiger partial charge >= 0.3 is 5.97 Å². The number of benzene rings is 2. The normalized spacial score (nSPS) is 16.5. The minimum Gasteiger partial charge on any atom is -0.312 e. The molecule has 2 aromatic carbocycles. The molecule has 0 aliphatic heterocycles. The summed E-state index contributed by atoms with van der Waals surface area (Å²) in [6, 6.07) is 16.8. The minimum atomic E-state index is -0.568. The molecule has 3 aromatic rings. The molecular formula is C23H22ClN3O2. The predicted octanol–water partition coefficient (Wildman–Crippen LogP) is 5.37. The summed E-state index contributed by atoms with van der Waals surface area (Å²) in [6.45, 7) is 6.32. The van der Waals surface area contributed by atoms with Crippen LogP contribution in [0.2, 0.25) is 5.02 Å². The molecule has 1 aliphatic carbocycles. The van der Waals surface area contributed by atoms with Gasteiger partial charge in [0, 0.05) is 5.56 Å². The number of aromatic nitrogens is 2. The Labute approximate surface area is 174 Å². The van der Waals surface area contributed by atoms with Gasteiger partial charge in [0.15, 0.2) is 0 Å². The van der Waals surface area contributed by atoms with Gasteiger partial charge in [-0.3, -0.25) is 0 Å². The van der Waals surface area contributed by atoms with Gasteiger partial charge in [-0.25, -0.2) is 9.48 Å². The molecule has 0 unspecified atom stereocenters. The largest absolute Gasteiger partial charge is 0.367 e. The SMILES string of the molecule is Cc1nn(-c2ccccc2)c2c1/C(=N\OC(=O)c1ccccc1Cl)CC(C)(C)C2. The molecule has 0 saturated carbocycles. The zero-order valence-corrected chi connectivity index (χ0v) is 17.4. The van der Waals surface area contributed by atoms with Crippen LogP contribution in [0.15, 0.2) is 59.8 Å². The lowest BCUT2D eigenvalue weighted by atomic mass is 9.75. The average Bonchev–Trinajstić information content (AvgIpc) is 3.02. The number of hydrogen-bond donors (Lipinski definition) is 0. The number of nitrogens with zero attached hydrogens (tertiary/aromatic N) is 3. The number of carbonyl (C=O) groups is 1. The minimum absolute atomic E-state index is 0.0400. The fraction of sp³-hybridized carbons (Fsp3) is 0.261. The number of aryl methyl sites for hydroxylation is 1. The molecule has 0 radical (unpaired) electrons. The first-order valence-corrected chi connectivity index (χ1v) is 9.90. The summed E-state index contributed by atoms with van der Waals surface area (Å²) in [5, 5.41) is 9.36. The van der Waals surface area contributed by atoms with Gasteiger partial charge in [-0.1, -0.05) is 60.9 Å². The third-order valence-corrected chi connectivity index (χ3v) is 5.40. The van der Waals surface area contributed by atoms with Crippen LogP contribution in [0.4, 0.5) is 0 Å². The molecule has 29 heavy (non-hydrogen) atoms. The summed E-state index contributed by atoms with van der Waals surface area (Å²) in [6.07, 6.45) is 1.55. The summed E-state index contributed by atoms with van der Waals surface area (Å²) in [5.74, 6) is -0.568. The summed E-state index contributed by atoms with van der Waals surface area (Å²) in [5.41, 5.74) is 4.90. The van der Waals surface area contributed by atoms with Gasteiger partial charge in [-0.05, 0) is 49.4 Å². The summed E-state index contributed by atoms with van der Waals surface area (Å²) < 4.78 is 1.97. The Hall–Kier alpha value is -2.92. The highest BCUT2D eigenvalue weighted by Crippen LogP contribution is 2.37. The van der Waals surface area contributed by atoms with Crippen LogP contribution >= 0.6 is 11.6 Å². The lowest BCUT2D eigenvalue weighted by molar-refractivity contribution is 0.0514. The number of fused-ring (bicyclic) bond motifs is 1. The van der Waals surface area contributed by atoms with E-state index in [2.05, 4.69) is 19.0 Å². The molecule has 0 atom stereocenters. The van der Waals surface area contributed by atoms with Gasteiger partial charge in [0.25, 0.3) is 0 Å². The van der Waals surface area contributed by atoms with Gasteiger partial charge in [0.05, 0.1) is 33.4 Å². The van der Waals surface area contributed by atoms with Gasteiger partial charge in [0.2, 0.25) is 0 Å². The van der Waals surface area contributed by atoms with Crippen LogP contribution in [0, 0.1) is 12.3 Å². The molecule has 5 nitrogen and oxygen atoms in total. The third kappa shape index (κ3) is 3.83. The number of para-hydroxylation sites is 1. The van der Waals surface area contributed by atoms with Crippen LogP contribution in [0.5, 0.6) is 0 Å². The van der Waals surface area contributed by atoms with Gasteiger partial charge in [-0.2, -0.15) is 5.10 Å².